The number of nitrogens with zero attached hydrogens (tertiary/aromatic N) is 1. The number of allylic oxidation sites excluding steroid dienone is 5. The number of ether oxygens (including phenoxy) is 1. The van der Waals surface area contributed by atoms with Gasteiger partial charge in [0.2, 0.25) is 0 Å². The third-order valence-corrected chi connectivity index (χ3v) is 4.65. The van der Waals surface area contributed by atoms with Crippen LogP contribution in [0.1, 0.15) is 13.3 Å². The van der Waals surface area contributed by atoms with Crippen molar-refractivity contribution in [3.63, 3.8) is 0 Å². The van der Waals surface area contributed by atoms with Crippen LogP contribution in [0.4, 0.5) is 4.39 Å². The number of likely N-dealkylation sites (tertiary alicyclic amines) is 1. The van der Waals surface area contributed by atoms with E-state index in [1.807, 2.05) is 48.2 Å². The van der Waals surface area contributed by atoms with E-state index in [4.69, 9.17) is 4.74 Å². The average Bonchev–Trinajstić information content (AvgIpc) is 3.09. The second-order valence-electron chi connectivity index (χ2n) is 6.46. The van der Waals surface area contributed by atoms with Crippen LogP contribution in [-0.2, 0) is 14.3 Å². The van der Waals surface area contributed by atoms with Crippen molar-refractivity contribution >= 4 is 11.9 Å². The maximum Gasteiger partial charge on any atom is 0.312 e. The first kappa shape index (κ1) is 23.3. The highest BCUT2D eigenvalue weighted by molar-refractivity contribution is 5.85. The maximum atomic E-state index is 12.5. The summed E-state index contributed by atoms with van der Waals surface area (Å²) in [4.78, 5) is 25.7. The molecule has 6 heteroatoms. The van der Waals surface area contributed by atoms with Gasteiger partial charge in [-0.2, -0.15) is 0 Å². The van der Waals surface area contributed by atoms with Crippen LogP contribution in [0.25, 0.3) is 0 Å². The lowest BCUT2D eigenvalue weighted by Crippen LogP contribution is -2.42. The number of esters is 1. The molecule has 152 valence electrons. The minimum atomic E-state index is -1.22. The van der Waals surface area contributed by atoms with Gasteiger partial charge >= 0.3 is 11.9 Å². The van der Waals surface area contributed by atoms with Gasteiger partial charge in [0.25, 0.3) is 0 Å². The summed E-state index contributed by atoms with van der Waals surface area (Å²) in [5, 5.41) is 9.68. The fourth-order valence-corrected chi connectivity index (χ4v) is 3.10. The molecule has 28 heavy (non-hydrogen) atoms. The van der Waals surface area contributed by atoms with Crippen molar-refractivity contribution in [3.05, 3.63) is 73.1 Å². The molecule has 2 atom stereocenters. The highest BCUT2D eigenvalue weighted by Crippen LogP contribution is 2.40. The first-order chi connectivity index (χ1) is 13.4. The Labute approximate surface area is 165 Å². The van der Waals surface area contributed by atoms with Crippen LogP contribution < -0.4 is 0 Å². The standard InChI is InChI=1S/C16H22FNO4.C6H6/c1-4-18-10-13(14(19)22-3)16(11-18,15(20)21)9-7-5-6-8-12(2)17;1-2-4-6-5-3-1/h5-8,13H,2,4,9-11H2,1,3H3,(H,20,21);1-6H/b7-5-,8-6-;. The summed E-state index contributed by atoms with van der Waals surface area (Å²) in [6.45, 7) is 6.31. The van der Waals surface area contributed by atoms with Crippen LogP contribution in [0.2, 0.25) is 0 Å². The lowest BCUT2D eigenvalue weighted by molar-refractivity contribution is -0.160. The Bertz CT molecular complexity index is 675. The minimum Gasteiger partial charge on any atom is -0.481 e. The normalized spacial score (nSPS) is 22.0. The van der Waals surface area contributed by atoms with Crippen LogP contribution in [-0.4, -0.2) is 48.7 Å². The quantitative estimate of drug-likeness (QED) is 0.567. The Morgan fingerprint density at radius 2 is 1.82 bits per heavy atom. The summed E-state index contributed by atoms with van der Waals surface area (Å²) in [5.74, 6) is -2.84. The van der Waals surface area contributed by atoms with E-state index < -0.39 is 29.1 Å². The van der Waals surface area contributed by atoms with Crippen LogP contribution in [0, 0.1) is 11.3 Å². The van der Waals surface area contributed by atoms with Gasteiger partial charge in [0.05, 0.1) is 18.4 Å². The molecule has 1 heterocycles. The topological polar surface area (TPSA) is 66.8 Å². The number of halogens is 1. The van der Waals surface area contributed by atoms with Gasteiger partial charge in [0, 0.05) is 13.1 Å². The predicted octanol–water partition coefficient (Wildman–Crippen LogP) is 3.85. The molecule has 1 aromatic carbocycles. The van der Waals surface area contributed by atoms with E-state index in [0.717, 1.165) is 0 Å². The van der Waals surface area contributed by atoms with Crippen LogP contribution in [0.3, 0.4) is 0 Å². The number of carbonyl (C=O) groups excluding carboxylic acids is 1. The van der Waals surface area contributed by atoms with Crippen molar-refractivity contribution in [2.24, 2.45) is 11.3 Å². The molecule has 1 aromatic rings. The fourth-order valence-electron chi connectivity index (χ4n) is 3.10. The molecule has 1 aliphatic rings. The molecule has 5 nitrogen and oxygen atoms in total. The van der Waals surface area contributed by atoms with Crippen molar-refractivity contribution < 1.29 is 23.8 Å². The molecule has 0 radical (unpaired) electrons. The van der Waals surface area contributed by atoms with Crippen molar-refractivity contribution in [3.8, 4) is 0 Å². The predicted molar refractivity (Wildman–Crippen MR) is 107 cm³/mol. The van der Waals surface area contributed by atoms with Gasteiger partial charge in [-0.25, -0.2) is 4.39 Å². The van der Waals surface area contributed by atoms with E-state index in [1.165, 1.54) is 19.3 Å². The third-order valence-electron chi connectivity index (χ3n) is 4.65. The molecule has 1 aliphatic heterocycles. The van der Waals surface area contributed by atoms with Gasteiger partial charge in [-0.15, -0.1) is 0 Å². The molecule has 2 unspecified atom stereocenters. The molecule has 2 rings (SSSR count). The first-order valence-electron chi connectivity index (χ1n) is 9.08. The van der Waals surface area contributed by atoms with Gasteiger partial charge in [0.15, 0.2) is 0 Å². The smallest absolute Gasteiger partial charge is 0.312 e. The lowest BCUT2D eigenvalue weighted by Gasteiger charge is -2.27. The molecule has 1 saturated heterocycles. The summed E-state index contributed by atoms with van der Waals surface area (Å²) in [5.41, 5.74) is -1.22. The lowest BCUT2D eigenvalue weighted by atomic mass is 9.75. The van der Waals surface area contributed by atoms with E-state index in [2.05, 4.69) is 6.58 Å². The number of benzene rings is 1. The number of aliphatic carboxylic acids is 1. The van der Waals surface area contributed by atoms with E-state index in [1.54, 1.807) is 12.2 Å². The molecule has 0 spiro atoms. The average molecular weight is 389 g/mol. The van der Waals surface area contributed by atoms with E-state index >= 15 is 0 Å². The zero-order valence-corrected chi connectivity index (χ0v) is 16.4. The summed E-state index contributed by atoms with van der Waals surface area (Å²) in [7, 11) is 1.26. The molecule has 0 aliphatic carbocycles. The molecule has 0 amide bonds. The number of carbonyl (C=O) groups is 2. The number of carboxylic acid groups (broad SMARTS) is 1. The Morgan fingerprint density at radius 1 is 1.25 bits per heavy atom. The summed E-state index contributed by atoms with van der Waals surface area (Å²) >= 11 is 0. The zero-order valence-electron chi connectivity index (χ0n) is 16.4. The SMILES string of the molecule is C=C(F)/C=C\C=C/CC1(C(=O)O)CN(CC)CC1C(=O)OC.c1ccccc1. The van der Waals surface area contributed by atoms with E-state index in [0.29, 0.717) is 13.1 Å². The summed E-state index contributed by atoms with van der Waals surface area (Å²) in [6.07, 6.45) is 5.97. The first-order valence-corrected chi connectivity index (χ1v) is 9.08. The van der Waals surface area contributed by atoms with Crippen LogP contribution >= 0.6 is 0 Å². The molecule has 1 N–H and O–H groups in total. The van der Waals surface area contributed by atoms with Crippen LogP contribution in [0.15, 0.2) is 73.1 Å². The Morgan fingerprint density at radius 3 is 2.25 bits per heavy atom. The Kier molecular flexibility index (Phi) is 9.88. The Hall–Kier alpha value is -2.73. The number of hydrogen-bond donors (Lipinski definition) is 1. The van der Waals surface area contributed by atoms with Gasteiger partial charge < -0.3 is 14.7 Å². The molecule has 0 bridgehead atoms. The molecule has 0 saturated carbocycles. The van der Waals surface area contributed by atoms with E-state index in [-0.39, 0.29) is 13.0 Å². The van der Waals surface area contributed by atoms with Crippen molar-refractivity contribution in [2.75, 3.05) is 26.7 Å². The van der Waals surface area contributed by atoms with E-state index in [9.17, 15) is 19.1 Å². The number of carboxylic acids is 1. The van der Waals surface area contributed by atoms with Crippen molar-refractivity contribution in [1.82, 2.24) is 4.90 Å². The Balaban J connectivity index is 0.000000552. The highest BCUT2D eigenvalue weighted by Gasteiger charge is 2.55. The minimum absolute atomic E-state index is 0.168. The van der Waals surface area contributed by atoms with Gasteiger partial charge in [-0.1, -0.05) is 68.1 Å². The largest absolute Gasteiger partial charge is 0.481 e. The second-order valence-corrected chi connectivity index (χ2v) is 6.46. The number of hydrogen-bond acceptors (Lipinski definition) is 4. The molecule has 1 fully saturated rings. The van der Waals surface area contributed by atoms with Crippen molar-refractivity contribution in [1.29, 1.82) is 0 Å². The highest BCUT2D eigenvalue weighted by atomic mass is 19.1. The second kappa shape index (κ2) is 11.9. The fraction of sp³-hybridized carbons (Fsp3) is 0.364. The number of methoxy groups -OCH3 is 1. The number of rotatable bonds is 7. The van der Waals surface area contributed by atoms with Crippen LogP contribution in [0.5, 0.6) is 0 Å². The third kappa shape index (κ3) is 6.78. The van der Waals surface area contributed by atoms with Gasteiger partial charge in [-0.3, -0.25) is 9.59 Å². The molecular formula is C22H28FNO4. The summed E-state index contributed by atoms with van der Waals surface area (Å²) < 4.78 is 17.2. The zero-order chi connectivity index (χ0) is 21.0. The summed E-state index contributed by atoms with van der Waals surface area (Å²) in [6, 6.07) is 12.0. The van der Waals surface area contributed by atoms with Gasteiger partial charge in [0.1, 0.15) is 5.83 Å². The van der Waals surface area contributed by atoms with Crippen molar-refractivity contribution in [2.45, 2.75) is 13.3 Å². The monoisotopic (exact) mass is 389 g/mol. The molecule has 0 aromatic heterocycles. The maximum absolute atomic E-state index is 12.5. The van der Waals surface area contributed by atoms with Gasteiger partial charge in [-0.05, 0) is 19.0 Å². The molecular weight excluding hydrogens is 361 g/mol.